The van der Waals surface area contributed by atoms with Gasteiger partial charge >= 0.3 is 11.9 Å². The van der Waals surface area contributed by atoms with Crippen molar-refractivity contribution in [3.8, 4) is 5.75 Å². The fourth-order valence-corrected chi connectivity index (χ4v) is 3.69. The summed E-state index contributed by atoms with van der Waals surface area (Å²) in [5, 5.41) is 27.1. The van der Waals surface area contributed by atoms with Crippen LogP contribution in [0, 0.1) is 0 Å². The number of aromatic hydroxyl groups is 1. The van der Waals surface area contributed by atoms with E-state index in [2.05, 4.69) is 15.3 Å². The van der Waals surface area contributed by atoms with Gasteiger partial charge in [-0.2, -0.15) is 0 Å². The van der Waals surface area contributed by atoms with Gasteiger partial charge in [0.1, 0.15) is 30.6 Å². The van der Waals surface area contributed by atoms with Crippen molar-refractivity contribution in [3.05, 3.63) is 77.1 Å². The second kappa shape index (κ2) is 15.2. The molecule has 3 N–H and O–H groups in total. The summed E-state index contributed by atoms with van der Waals surface area (Å²) in [6.07, 6.45) is 7.86. The second-order valence-corrected chi connectivity index (χ2v) is 8.65. The van der Waals surface area contributed by atoms with Crippen LogP contribution in [-0.2, 0) is 30.3 Å². The molecule has 0 saturated heterocycles. The maximum Gasteiger partial charge on any atom is 0.342 e. The van der Waals surface area contributed by atoms with E-state index < -0.39 is 36.2 Å². The number of aliphatic hydroxyl groups excluding tert-OH is 1. The molecule has 204 valence electrons. The number of phenols is 1. The summed E-state index contributed by atoms with van der Waals surface area (Å²) in [6.45, 7) is 5.15. The van der Waals surface area contributed by atoms with E-state index in [9.17, 15) is 24.6 Å². The highest BCUT2D eigenvalue weighted by Gasteiger charge is 2.25. The molecule has 0 aliphatic carbocycles. The van der Waals surface area contributed by atoms with Crippen LogP contribution in [0.2, 0.25) is 0 Å². The molecule has 3 unspecified atom stereocenters. The van der Waals surface area contributed by atoms with Gasteiger partial charge in [-0.05, 0) is 62.1 Å². The van der Waals surface area contributed by atoms with Crippen molar-refractivity contribution in [2.24, 2.45) is 5.16 Å². The van der Waals surface area contributed by atoms with Gasteiger partial charge in [-0.3, -0.25) is 9.59 Å². The smallest absolute Gasteiger partial charge is 0.342 e. The van der Waals surface area contributed by atoms with Crippen LogP contribution in [-0.4, -0.2) is 59.7 Å². The Morgan fingerprint density at radius 2 is 2.00 bits per heavy atom. The number of cyclic esters (lactones) is 2. The highest BCUT2D eigenvalue weighted by Crippen LogP contribution is 2.25. The molecule has 1 aromatic carbocycles. The summed E-state index contributed by atoms with van der Waals surface area (Å²) in [4.78, 5) is 42.1. The predicted molar refractivity (Wildman–Crippen MR) is 141 cm³/mol. The lowest BCUT2D eigenvalue weighted by Crippen LogP contribution is -2.25. The van der Waals surface area contributed by atoms with Crippen molar-refractivity contribution in [2.45, 2.75) is 58.3 Å². The van der Waals surface area contributed by atoms with Crippen molar-refractivity contribution in [3.63, 3.8) is 0 Å². The Labute approximate surface area is 222 Å². The zero-order chi connectivity index (χ0) is 28.1. The molecule has 1 amide bonds. The number of oxime groups is 1. The van der Waals surface area contributed by atoms with Gasteiger partial charge in [0.2, 0.25) is 5.91 Å². The van der Waals surface area contributed by atoms with Crippen LogP contribution in [0.4, 0.5) is 0 Å². The number of benzene rings is 1. The molecule has 1 heterocycles. The van der Waals surface area contributed by atoms with E-state index in [1.165, 1.54) is 43.8 Å². The lowest BCUT2D eigenvalue weighted by Gasteiger charge is -2.19. The summed E-state index contributed by atoms with van der Waals surface area (Å²) in [5.41, 5.74) is 1.72. The van der Waals surface area contributed by atoms with E-state index >= 15 is 0 Å². The first kappa shape index (κ1) is 30.0. The molecule has 0 aromatic heterocycles. The van der Waals surface area contributed by atoms with Crippen LogP contribution < -0.4 is 5.32 Å². The van der Waals surface area contributed by atoms with Crippen molar-refractivity contribution in [1.29, 1.82) is 0 Å². The largest absolute Gasteiger partial charge is 0.507 e. The Morgan fingerprint density at radius 1 is 1.24 bits per heavy atom. The quantitative estimate of drug-likeness (QED) is 0.168. The third-order valence-corrected chi connectivity index (χ3v) is 5.56. The number of carbonyl (C=O) groups is 3. The Kier molecular flexibility index (Phi) is 12.0. The number of hydrogen-bond donors (Lipinski definition) is 3. The van der Waals surface area contributed by atoms with Gasteiger partial charge < -0.3 is 29.8 Å². The number of amides is 1. The molecule has 1 aromatic rings. The molecule has 38 heavy (non-hydrogen) atoms. The summed E-state index contributed by atoms with van der Waals surface area (Å²) in [5.74, 6) is -2.12. The van der Waals surface area contributed by atoms with Crippen LogP contribution in [0.3, 0.4) is 0 Å². The van der Waals surface area contributed by atoms with Crippen LogP contribution in [0.5, 0.6) is 5.75 Å². The lowest BCUT2D eigenvalue weighted by molar-refractivity contribution is -0.148. The topological polar surface area (TPSA) is 144 Å². The minimum atomic E-state index is -0.940. The summed E-state index contributed by atoms with van der Waals surface area (Å²) in [6, 6.07) is 4.66. The number of allylic oxidation sites excluding steroid dienone is 2. The van der Waals surface area contributed by atoms with Gasteiger partial charge in [0.15, 0.2) is 0 Å². The number of carbonyl (C=O) groups excluding carboxylic acids is 3. The zero-order valence-electron chi connectivity index (χ0n) is 21.9. The second-order valence-electron chi connectivity index (χ2n) is 8.65. The Balaban J connectivity index is 2.29. The average molecular weight is 527 g/mol. The molecule has 3 atom stereocenters. The summed E-state index contributed by atoms with van der Waals surface area (Å²) < 4.78 is 11.0. The number of esters is 2. The van der Waals surface area contributed by atoms with Gasteiger partial charge in [0.25, 0.3) is 0 Å². The number of nitrogens with zero attached hydrogens (tertiary/aromatic N) is 1. The standard InChI is InChI=1S/C28H34N2O8/c1-18-12-13-21-8-5-10-23(31)26(21)28(35)38-22(9-6-14-29-24(32)11-7-15-30-36-4)17-25(33)37-20(3)16-19(2)27(18)34/h5-8,10-12,14-16,20,22,27,31,34H,9,13,17H2,1-4H3,(H,29,32)/b11-7-,14-6+,18-12-,19-16+,30-15+. The minimum Gasteiger partial charge on any atom is -0.507 e. The monoisotopic (exact) mass is 526 g/mol. The molecule has 1 aliphatic rings. The maximum atomic E-state index is 13.1. The Bertz CT molecular complexity index is 1150. The average Bonchev–Trinajstić information content (AvgIpc) is 2.86. The van der Waals surface area contributed by atoms with E-state index in [0.29, 0.717) is 16.7 Å². The first-order chi connectivity index (χ1) is 18.1. The molecule has 0 saturated carbocycles. The molecule has 0 bridgehead atoms. The van der Waals surface area contributed by atoms with E-state index in [1.807, 2.05) is 0 Å². The van der Waals surface area contributed by atoms with Gasteiger partial charge in [-0.25, -0.2) is 4.79 Å². The number of rotatable bonds is 6. The molecular formula is C28H34N2O8. The van der Waals surface area contributed by atoms with E-state index in [-0.39, 0.29) is 30.6 Å². The van der Waals surface area contributed by atoms with Gasteiger partial charge in [-0.1, -0.05) is 29.4 Å². The fourth-order valence-electron chi connectivity index (χ4n) is 3.69. The van der Waals surface area contributed by atoms with Gasteiger partial charge in [-0.15, -0.1) is 0 Å². The minimum absolute atomic E-state index is 0.0277. The predicted octanol–water partition coefficient (Wildman–Crippen LogP) is 3.26. The number of hydrogen-bond acceptors (Lipinski definition) is 9. The van der Waals surface area contributed by atoms with E-state index in [4.69, 9.17) is 9.47 Å². The maximum absolute atomic E-state index is 13.1. The van der Waals surface area contributed by atoms with Crippen molar-refractivity contribution >= 4 is 24.1 Å². The fraction of sp³-hybridized carbons (Fsp3) is 0.357. The molecular weight excluding hydrogens is 492 g/mol. The Hall–Kier alpha value is -4.18. The Morgan fingerprint density at radius 3 is 2.74 bits per heavy atom. The van der Waals surface area contributed by atoms with Gasteiger partial charge in [0, 0.05) is 18.7 Å². The SMILES string of the molecule is CO/N=C/C=C\C(=O)N/C=C/CC1CC(=O)OC(C)/C=C(\C)C(O)/C(C)=C\Cc2cccc(O)c2C(=O)O1. The zero-order valence-corrected chi connectivity index (χ0v) is 21.9. The third kappa shape index (κ3) is 9.70. The van der Waals surface area contributed by atoms with Crippen molar-refractivity contribution in [1.82, 2.24) is 5.32 Å². The summed E-state index contributed by atoms with van der Waals surface area (Å²) in [7, 11) is 1.38. The number of fused-ring (bicyclic) bond motifs is 1. The van der Waals surface area contributed by atoms with E-state index in [1.54, 1.807) is 45.1 Å². The molecule has 10 heteroatoms. The molecule has 2 rings (SSSR count). The van der Waals surface area contributed by atoms with Crippen LogP contribution in [0.1, 0.15) is 49.5 Å². The van der Waals surface area contributed by atoms with Crippen LogP contribution in [0.25, 0.3) is 0 Å². The van der Waals surface area contributed by atoms with Crippen molar-refractivity contribution in [2.75, 3.05) is 7.11 Å². The van der Waals surface area contributed by atoms with Crippen LogP contribution >= 0.6 is 0 Å². The van der Waals surface area contributed by atoms with Crippen molar-refractivity contribution < 1.29 is 38.9 Å². The summed E-state index contributed by atoms with van der Waals surface area (Å²) >= 11 is 0. The van der Waals surface area contributed by atoms with E-state index in [0.717, 1.165) is 0 Å². The normalized spacial score (nSPS) is 24.4. The number of aliphatic hydroxyl groups is 1. The third-order valence-electron chi connectivity index (χ3n) is 5.56. The van der Waals surface area contributed by atoms with Crippen LogP contribution in [0.15, 0.2) is 71.1 Å². The molecule has 0 spiro atoms. The molecule has 1 aliphatic heterocycles. The highest BCUT2D eigenvalue weighted by molar-refractivity contribution is 5.94. The molecule has 10 nitrogen and oxygen atoms in total. The number of phenolic OH excluding ortho intramolecular Hbond substituents is 1. The number of ether oxygens (including phenoxy) is 2. The lowest BCUT2D eigenvalue weighted by atomic mass is 9.98. The molecule has 0 radical (unpaired) electrons. The molecule has 0 fully saturated rings. The highest BCUT2D eigenvalue weighted by atomic mass is 16.6. The van der Waals surface area contributed by atoms with Gasteiger partial charge in [0.05, 0.1) is 18.7 Å². The first-order valence-corrected chi connectivity index (χ1v) is 12.0. The first-order valence-electron chi connectivity index (χ1n) is 12.0. The number of nitrogens with one attached hydrogen (secondary N) is 1.